The van der Waals surface area contributed by atoms with Crippen LogP contribution >= 0.6 is 0 Å². The molecule has 0 atom stereocenters. The molecule has 6 nitrogen and oxygen atoms in total. The van der Waals surface area contributed by atoms with Crippen molar-refractivity contribution in [1.82, 2.24) is 24.7 Å². The zero-order valence-corrected chi connectivity index (χ0v) is 13.4. The molecule has 3 heterocycles. The molecular weight excluding hydrogens is 314 g/mol. The van der Waals surface area contributed by atoms with E-state index in [1.165, 1.54) is 0 Å². The summed E-state index contributed by atoms with van der Waals surface area (Å²) in [4.78, 5) is 20.3. The van der Waals surface area contributed by atoms with Crippen LogP contribution in [-0.2, 0) is 17.8 Å². The predicted molar refractivity (Wildman–Crippen MR) is 93.7 cm³/mol. The van der Waals surface area contributed by atoms with Crippen molar-refractivity contribution in [2.24, 2.45) is 0 Å². The van der Waals surface area contributed by atoms with E-state index in [2.05, 4.69) is 20.2 Å². The van der Waals surface area contributed by atoms with Crippen LogP contribution in [0.1, 0.15) is 5.69 Å². The molecule has 0 aliphatic carbocycles. The Hall–Kier alpha value is -3.41. The maximum absolute atomic E-state index is 12.2. The van der Waals surface area contributed by atoms with Crippen LogP contribution in [0, 0.1) is 0 Å². The average Bonchev–Trinajstić information content (AvgIpc) is 3.14. The molecule has 4 aromatic rings. The van der Waals surface area contributed by atoms with Gasteiger partial charge in [-0.25, -0.2) is 4.98 Å². The van der Waals surface area contributed by atoms with Crippen molar-refractivity contribution < 1.29 is 4.79 Å². The predicted octanol–water partition coefficient (Wildman–Crippen LogP) is 2.70. The number of benzene rings is 1. The number of fused-ring (bicyclic) bond motifs is 1. The minimum atomic E-state index is 0.0649. The summed E-state index contributed by atoms with van der Waals surface area (Å²) in [6.07, 6.45) is 8.88. The molecule has 1 aromatic carbocycles. The summed E-state index contributed by atoms with van der Waals surface area (Å²) in [5.41, 5.74) is 3.57. The van der Waals surface area contributed by atoms with Gasteiger partial charge in [-0.1, -0.05) is 12.1 Å². The number of aromatic nitrogens is 5. The molecule has 0 unspecified atom stereocenters. The van der Waals surface area contributed by atoms with E-state index in [4.69, 9.17) is 0 Å². The van der Waals surface area contributed by atoms with E-state index in [0.29, 0.717) is 5.69 Å². The Labute approximate surface area is 144 Å². The van der Waals surface area contributed by atoms with Crippen LogP contribution in [0.15, 0.2) is 67.5 Å². The number of ketones is 1. The van der Waals surface area contributed by atoms with Crippen molar-refractivity contribution in [3.8, 4) is 11.1 Å². The van der Waals surface area contributed by atoms with Gasteiger partial charge in [0.1, 0.15) is 0 Å². The first kappa shape index (κ1) is 15.1. The van der Waals surface area contributed by atoms with Gasteiger partial charge in [0.2, 0.25) is 0 Å². The van der Waals surface area contributed by atoms with Gasteiger partial charge in [-0.3, -0.25) is 9.78 Å². The van der Waals surface area contributed by atoms with E-state index in [0.717, 1.165) is 22.0 Å². The van der Waals surface area contributed by atoms with Gasteiger partial charge in [0.05, 0.1) is 30.5 Å². The zero-order valence-electron chi connectivity index (χ0n) is 13.4. The maximum Gasteiger partial charge on any atom is 0.158 e. The molecule has 4 rings (SSSR count). The van der Waals surface area contributed by atoms with Crippen LogP contribution in [0.3, 0.4) is 0 Å². The first-order valence-electron chi connectivity index (χ1n) is 7.92. The second kappa shape index (κ2) is 6.60. The molecule has 122 valence electrons. The fraction of sp³-hybridized carbons (Fsp3) is 0.105. The summed E-state index contributed by atoms with van der Waals surface area (Å²) in [6.45, 7) is 0.287. The number of imidazole rings is 1. The molecule has 25 heavy (non-hydrogen) atoms. The lowest BCUT2D eigenvalue weighted by molar-refractivity contribution is -0.119. The van der Waals surface area contributed by atoms with Crippen LogP contribution in [0.4, 0.5) is 0 Å². The van der Waals surface area contributed by atoms with Gasteiger partial charge in [0, 0.05) is 35.7 Å². The third-order valence-electron chi connectivity index (χ3n) is 3.93. The lowest BCUT2D eigenvalue weighted by Crippen LogP contribution is -2.12. The summed E-state index contributed by atoms with van der Waals surface area (Å²) in [7, 11) is 0. The summed E-state index contributed by atoms with van der Waals surface area (Å²) < 4.78 is 1.75. The van der Waals surface area contributed by atoms with Gasteiger partial charge in [0.25, 0.3) is 0 Å². The second-order valence-corrected chi connectivity index (χ2v) is 5.80. The topological polar surface area (TPSA) is 73.6 Å². The maximum atomic E-state index is 12.2. The minimum Gasteiger partial charge on any atom is -0.330 e. The minimum absolute atomic E-state index is 0.0649. The summed E-state index contributed by atoms with van der Waals surface area (Å²) >= 11 is 0. The Morgan fingerprint density at radius 2 is 1.96 bits per heavy atom. The van der Waals surface area contributed by atoms with Gasteiger partial charge in [-0.2, -0.15) is 10.2 Å². The van der Waals surface area contributed by atoms with Gasteiger partial charge >= 0.3 is 0 Å². The Morgan fingerprint density at radius 1 is 1.00 bits per heavy atom. The molecule has 0 aliphatic rings. The van der Waals surface area contributed by atoms with Crippen LogP contribution in [0.25, 0.3) is 22.0 Å². The van der Waals surface area contributed by atoms with Gasteiger partial charge in [-0.05, 0) is 29.8 Å². The molecule has 0 aliphatic heterocycles. The average molecular weight is 329 g/mol. The zero-order chi connectivity index (χ0) is 17.1. The van der Waals surface area contributed by atoms with Crippen molar-refractivity contribution in [1.29, 1.82) is 0 Å². The summed E-state index contributed by atoms with van der Waals surface area (Å²) in [5, 5.41) is 9.36. The smallest absolute Gasteiger partial charge is 0.158 e. The monoisotopic (exact) mass is 329 g/mol. The highest BCUT2D eigenvalue weighted by Crippen LogP contribution is 2.23. The standard InChI is InChI=1S/C19H15N5O/c25-18(12-24-7-6-21-13-24)10-17-9-16-8-14(3-4-19(16)23-22-17)15-2-1-5-20-11-15/h1-9,11,13H,10,12H2. The third kappa shape index (κ3) is 3.42. The SMILES string of the molecule is O=C(Cc1cc2cc(-c3cccnc3)ccc2nn1)Cn1ccnc1. The van der Waals surface area contributed by atoms with Crippen LogP contribution in [-0.4, -0.2) is 30.5 Å². The van der Waals surface area contributed by atoms with E-state index < -0.39 is 0 Å². The Balaban J connectivity index is 1.59. The molecule has 0 saturated heterocycles. The number of pyridine rings is 1. The van der Waals surface area contributed by atoms with E-state index in [1.807, 2.05) is 42.6 Å². The van der Waals surface area contributed by atoms with E-state index in [-0.39, 0.29) is 18.7 Å². The number of hydrogen-bond donors (Lipinski definition) is 0. The molecule has 0 bridgehead atoms. The van der Waals surface area contributed by atoms with Crippen molar-refractivity contribution in [3.63, 3.8) is 0 Å². The largest absolute Gasteiger partial charge is 0.330 e. The lowest BCUT2D eigenvalue weighted by Gasteiger charge is -2.05. The number of hydrogen-bond acceptors (Lipinski definition) is 5. The number of carbonyl (C=O) groups is 1. The highest BCUT2D eigenvalue weighted by Gasteiger charge is 2.08. The first-order chi connectivity index (χ1) is 12.3. The molecule has 0 amide bonds. The van der Waals surface area contributed by atoms with Gasteiger partial charge in [0.15, 0.2) is 5.78 Å². The first-order valence-corrected chi connectivity index (χ1v) is 7.92. The van der Waals surface area contributed by atoms with Gasteiger partial charge in [-0.15, -0.1) is 0 Å². The van der Waals surface area contributed by atoms with Crippen molar-refractivity contribution in [2.75, 3.05) is 0 Å². The van der Waals surface area contributed by atoms with Gasteiger partial charge < -0.3 is 4.57 Å². The molecule has 0 N–H and O–H groups in total. The van der Waals surface area contributed by atoms with E-state index in [9.17, 15) is 4.79 Å². The number of rotatable bonds is 5. The molecule has 0 radical (unpaired) electrons. The molecule has 0 fully saturated rings. The Kier molecular flexibility index (Phi) is 4.00. The molecule has 6 heteroatoms. The van der Waals surface area contributed by atoms with Crippen LogP contribution < -0.4 is 0 Å². The van der Waals surface area contributed by atoms with Crippen molar-refractivity contribution in [3.05, 3.63) is 73.2 Å². The normalized spacial score (nSPS) is 10.9. The Morgan fingerprint density at radius 3 is 2.76 bits per heavy atom. The number of carbonyl (C=O) groups excluding carboxylic acids is 1. The fourth-order valence-corrected chi connectivity index (χ4v) is 2.73. The molecule has 0 spiro atoms. The molecular formula is C19H15N5O. The molecule has 0 saturated carbocycles. The summed E-state index contributed by atoms with van der Waals surface area (Å²) in [5.74, 6) is 0.0649. The quantitative estimate of drug-likeness (QED) is 0.563. The fourth-order valence-electron chi connectivity index (χ4n) is 2.73. The van der Waals surface area contributed by atoms with Crippen LogP contribution in [0.2, 0.25) is 0 Å². The van der Waals surface area contributed by atoms with E-state index >= 15 is 0 Å². The number of nitrogens with zero attached hydrogens (tertiary/aromatic N) is 5. The highest BCUT2D eigenvalue weighted by atomic mass is 16.1. The highest BCUT2D eigenvalue weighted by molar-refractivity contribution is 5.86. The Bertz CT molecular complexity index is 1010. The van der Waals surface area contributed by atoms with E-state index in [1.54, 1.807) is 29.5 Å². The summed E-state index contributed by atoms with van der Waals surface area (Å²) in [6, 6.07) is 11.8. The molecule has 3 aromatic heterocycles. The van der Waals surface area contributed by atoms with Crippen molar-refractivity contribution in [2.45, 2.75) is 13.0 Å². The second-order valence-electron chi connectivity index (χ2n) is 5.80. The number of Topliss-reactive ketones (excluding diaryl/α,β-unsaturated/α-hetero) is 1. The van der Waals surface area contributed by atoms with Crippen molar-refractivity contribution >= 4 is 16.7 Å². The third-order valence-corrected chi connectivity index (χ3v) is 3.93. The van der Waals surface area contributed by atoms with Crippen LogP contribution in [0.5, 0.6) is 0 Å². The lowest BCUT2D eigenvalue weighted by atomic mass is 10.0.